The first-order valence-electron chi connectivity index (χ1n) is 9.06. The van der Waals surface area contributed by atoms with Gasteiger partial charge in [-0.1, -0.05) is 36.4 Å². The summed E-state index contributed by atoms with van der Waals surface area (Å²) in [4.78, 5) is 12.8. The first-order chi connectivity index (χ1) is 13.7. The van der Waals surface area contributed by atoms with Crippen molar-refractivity contribution in [3.05, 3.63) is 89.5 Å². The van der Waals surface area contributed by atoms with Crippen LogP contribution < -0.4 is 15.4 Å². The molecule has 0 aromatic heterocycles. The third-order valence-corrected chi connectivity index (χ3v) is 4.17. The Bertz CT molecular complexity index is 1010. The van der Waals surface area contributed by atoms with Gasteiger partial charge >= 0.3 is 0 Å². The fourth-order valence-corrected chi connectivity index (χ4v) is 2.82. The lowest BCUT2D eigenvalue weighted by atomic mass is 10.1. The van der Waals surface area contributed by atoms with Crippen molar-refractivity contribution in [2.45, 2.75) is 13.5 Å². The standard InChI is InChI=1S/C23H21N3O2/c1-2-28-22-13-6-4-11-20(22)23(27)26-21-12-5-3-9-18(21)16-25-19-10-7-8-17(14-19)15-24/h3-14,25H,2,16H2,1H3,(H,26,27). The second-order valence-electron chi connectivity index (χ2n) is 6.09. The maximum absolute atomic E-state index is 12.8. The number of hydrogen-bond donors (Lipinski definition) is 2. The second kappa shape index (κ2) is 9.24. The Morgan fingerprint density at radius 1 is 1.04 bits per heavy atom. The molecule has 0 heterocycles. The van der Waals surface area contributed by atoms with E-state index in [1.54, 1.807) is 24.3 Å². The maximum atomic E-state index is 12.8. The van der Waals surface area contributed by atoms with Crippen LogP contribution in [0.4, 0.5) is 11.4 Å². The van der Waals surface area contributed by atoms with Gasteiger partial charge in [-0.3, -0.25) is 4.79 Å². The van der Waals surface area contributed by atoms with Crippen LogP contribution in [0, 0.1) is 11.3 Å². The molecule has 0 saturated carbocycles. The van der Waals surface area contributed by atoms with E-state index >= 15 is 0 Å². The highest BCUT2D eigenvalue weighted by Crippen LogP contribution is 2.22. The van der Waals surface area contributed by atoms with Gasteiger partial charge in [0.25, 0.3) is 5.91 Å². The predicted octanol–water partition coefficient (Wildman–Crippen LogP) is 4.82. The summed E-state index contributed by atoms with van der Waals surface area (Å²) in [5, 5.41) is 15.3. The fraction of sp³-hybridized carbons (Fsp3) is 0.130. The summed E-state index contributed by atoms with van der Waals surface area (Å²) in [5.74, 6) is 0.342. The van der Waals surface area contributed by atoms with Crippen molar-refractivity contribution in [3.8, 4) is 11.8 Å². The van der Waals surface area contributed by atoms with Crippen molar-refractivity contribution in [1.29, 1.82) is 5.26 Å². The lowest BCUT2D eigenvalue weighted by Gasteiger charge is -2.14. The molecule has 0 radical (unpaired) electrons. The zero-order chi connectivity index (χ0) is 19.8. The fourth-order valence-electron chi connectivity index (χ4n) is 2.82. The van der Waals surface area contributed by atoms with Gasteiger partial charge in [-0.2, -0.15) is 5.26 Å². The van der Waals surface area contributed by atoms with Crippen molar-refractivity contribution in [2.24, 2.45) is 0 Å². The van der Waals surface area contributed by atoms with E-state index in [1.807, 2.05) is 55.5 Å². The van der Waals surface area contributed by atoms with Crippen LogP contribution in [0.15, 0.2) is 72.8 Å². The lowest BCUT2D eigenvalue weighted by molar-refractivity contribution is 0.102. The number of hydrogen-bond acceptors (Lipinski definition) is 4. The molecule has 2 N–H and O–H groups in total. The van der Waals surface area contributed by atoms with Crippen LogP contribution in [-0.4, -0.2) is 12.5 Å². The molecule has 3 rings (SSSR count). The van der Waals surface area contributed by atoms with E-state index in [1.165, 1.54) is 0 Å². The summed E-state index contributed by atoms with van der Waals surface area (Å²) in [5.41, 5.74) is 3.60. The zero-order valence-electron chi connectivity index (χ0n) is 15.6. The summed E-state index contributed by atoms with van der Waals surface area (Å²) in [6.45, 7) is 2.89. The van der Waals surface area contributed by atoms with Crippen LogP contribution >= 0.6 is 0 Å². The van der Waals surface area contributed by atoms with Crippen LogP contribution in [0.5, 0.6) is 5.75 Å². The number of ether oxygens (including phenoxy) is 1. The molecule has 0 atom stereocenters. The molecule has 0 saturated heterocycles. The Balaban J connectivity index is 1.75. The van der Waals surface area contributed by atoms with Gasteiger partial charge in [0.1, 0.15) is 5.75 Å². The van der Waals surface area contributed by atoms with Crippen LogP contribution in [0.25, 0.3) is 0 Å². The number of benzene rings is 3. The molecule has 0 aliphatic heterocycles. The minimum absolute atomic E-state index is 0.219. The average Bonchev–Trinajstić information content (AvgIpc) is 2.74. The van der Waals surface area contributed by atoms with Crippen LogP contribution in [0.2, 0.25) is 0 Å². The van der Waals surface area contributed by atoms with E-state index in [2.05, 4.69) is 16.7 Å². The van der Waals surface area contributed by atoms with Gasteiger partial charge in [-0.25, -0.2) is 0 Å². The summed E-state index contributed by atoms with van der Waals surface area (Å²) < 4.78 is 5.55. The number of carbonyl (C=O) groups is 1. The van der Waals surface area contributed by atoms with Crippen LogP contribution in [0.3, 0.4) is 0 Å². The van der Waals surface area contributed by atoms with Crippen LogP contribution in [0.1, 0.15) is 28.4 Å². The molecule has 1 amide bonds. The first kappa shape index (κ1) is 19.0. The van der Waals surface area contributed by atoms with E-state index in [-0.39, 0.29) is 5.91 Å². The van der Waals surface area contributed by atoms with Gasteiger partial charge in [0, 0.05) is 17.9 Å². The van der Waals surface area contributed by atoms with Crippen LogP contribution in [-0.2, 0) is 6.54 Å². The molecular formula is C23H21N3O2. The Labute approximate surface area is 164 Å². The summed E-state index contributed by atoms with van der Waals surface area (Å²) in [6, 6.07) is 24.2. The van der Waals surface area contributed by atoms with Crippen molar-refractivity contribution < 1.29 is 9.53 Å². The Morgan fingerprint density at radius 2 is 1.82 bits per heavy atom. The Morgan fingerprint density at radius 3 is 2.64 bits per heavy atom. The maximum Gasteiger partial charge on any atom is 0.259 e. The Kier molecular flexibility index (Phi) is 6.27. The number of carbonyl (C=O) groups excluding carboxylic acids is 1. The third-order valence-electron chi connectivity index (χ3n) is 4.17. The van der Waals surface area contributed by atoms with Gasteiger partial charge in [-0.15, -0.1) is 0 Å². The topological polar surface area (TPSA) is 74.2 Å². The van der Waals surface area contributed by atoms with Gasteiger partial charge in [-0.05, 0) is 48.9 Å². The molecular weight excluding hydrogens is 350 g/mol. The van der Waals surface area contributed by atoms with Crippen molar-refractivity contribution in [2.75, 3.05) is 17.2 Å². The minimum atomic E-state index is -0.219. The monoisotopic (exact) mass is 371 g/mol. The third kappa shape index (κ3) is 4.68. The number of para-hydroxylation sites is 2. The number of rotatable bonds is 7. The van der Waals surface area contributed by atoms with E-state index in [0.29, 0.717) is 30.0 Å². The first-order valence-corrected chi connectivity index (χ1v) is 9.06. The normalized spacial score (nSPS) is 10.0. The van der Waals surface area contributed by atoms with Gasteiger partial charge in [0.05, 0.1) is 23.8 Å². The molecule has 3 aromatic rings. The number of nitriles is 1. The number of anilines is 2. The van der Waals surface area contributed by atoms with Crippen molar-refractivity contribution in [1.82, 2.24) is 0 Å². The molecule has 0 fully saturated rings. The summed E-state index contributed by atoms with van der Waals surface area (Å²) >= 11 is 0. The number of amides is 1. The van der Waals surface area contributed by atoms with E-state index in [0.717, 1.165) is 16.9 Å². The van der Waals surface area contributed by atoms with Gasteiger partial charge in [0.2, 0.25) is 0 Å². The van der Waals surface area contributed by atoms with E-state index in [4.69, 9.17) is 10.00 Å². The molecule has 0 aliphatic carbocycles. The molecule has 0 unspecified atom stereocenters. The van der Waals surface area contributed by atoms with Crippen molar-refractivity contribution in [3.63, 3.8) is 0 Å². The molecule has 5 heteroatoms. The smallest absolute Gasteiger partial charge is 0.259 e. The molecule has 3 aromatic carbocycles. The zero-order valence-corrected chi connectivity index (χ0v) is 15.6. The van der Waals surface area contributed by atoms with Gasteiger partial charge < -0.3 is 15.4 Å². The highest BCUT2D eigenvalue weighted by molar-refractivity contribution is 6.06. The summed E-state index contributed by atoms with van der Waals surface area (Å²) in [6.07, 6.45) is 0. The Hall–Kier alpha value is -3.78. The number of nitrogens with zero attached hydrogens (tertiary/aromatic N) is 1. The highest BCUT2D eigenvalue weighted by Gasteiger charge is 2.13. The molecule has 0 aliphatic rings. The van der Waals surface area contributed by atoms with Crippen molar-refractivity contribution >= 4 is 17.3 Å². The minimum Gasteiger partial charge on any atom is -0.493 e. The predicted molar refractivity (Wildman–Crippen MR) is 110 cm³/mol. The van der Waals surface area contributed by atoms with E-state index in [9.17, 15) is 4.79 Å². The average molecular weight is 371 g/mol. The van der Waals surface area contributed by atoms with E-state index < -0.39 is 0 Å². The van der Waals surface area contributed by atoms with Gasteiger partial charge in [0.15, 0.2) is 0 Å². The molecule has 28 heavy (non-hydrogen) atoms. The number of nitrogens with one attached hydrogen (secondary N) is 2. The summed E-state index contributed by atoms with van der Waals surface area (Å²) in [7, 11) is 0. The largest absolute Gasteiger partial charge is 0.493 e. The molecule has 0 bridgehead atoms. The molecule has 0 spiro atoms. The quantitative estimate of drug-likeness (QED) is 0.624. The highest BCUT2D eigenvalue weighted by atomic mass is 16.5. The molecule has 5 nitrogen and oxygen atoms in total. The lowest BCUT2D eigenvalue weighted by Crippen LogP contribution is -2.15. The molecule has 140 valence electrons. The second-order valence-corrected chi connectivity index (χ2v) is 6.09. The SMILES string of the molecule is CCOc1ccccc1C(=O)Nc1ccccc1CNc1cccc(C#N)c1.